The maximum Gasteiger partial charge on any atom is 0.0494 e. The van der Waals surface area contributed by atoms with Crippen molar-refractivity contribution in [1.29, 1.82) is 0 Å². The predicted molar refractivity (Wildman–Crippen MR) is 84.3 cm³/mol. The number of rotatable bonds is 4. The largest absolute Gasteiger partial charge is 0.398 e. The fraction of sp³-hybridized carbons (Fsp3) is 0.286. The van der Waals surface area contributed by atoms with Gasteiger partial charge in [-0.1, -0.05) is 6.92 Å². The number of benzene rings is 1. The van der Waals surface area contributed by atoms with Crippen molar-refractivity contribution >= 4 is 38.6 Å². The SMILES string of the molecule is CCc1ccc(CNc2cc(C)c(N)cc2Br)s1. The van der Waals surface area contributed by atoms with Crippen molar-refractivity contribution in [3.63, 3.8) is 0 Å². The minimum atomic E-state index is 0.816. The van der Waals surface area contributed by atoms with Gasteiger partial charge in [-0.2, -0.15) is 0 Å². The lowest BCUT2D eigenvalue weighted by Gasteiger charge is -2.10. The standard InChI is InChI=1S/C14H17BrN2S/c1-3-10-4-5-11(18-10)8-17-14-6-9(2)13(16)7-12(14)15/h4-7,17H,3,8,16H2,1-2H3. The van der Waals surface area contributed by atoms with Gasteiger partial charge in [0.25, 0.3) is 0 Å². The Morgan fingerprint density at radius 3 is 2.67 bits per heavy atom. The van der Waals surface area contributed by atoms with E-state index in [1.54, 1.807) is 0 Å². The molecule has 0 unspecified atom stereocenters. The molecule has 4 heteroatoms. The molecule has 0 amide bonds. The zero-order valence-electron chi connectivity index (χ0n) is 10.6. The summed E-state index contributed by atoms with van der Waals surface area (Å²) in [5.41, 5.74) is 8.87. The van der Waals surface area contributed by atoms with E-state index in [9.17, 15) is 0 Å². The van der Waals surface area contributed by atoms with Gasteiger partial charge < -0.3 is 11.1 Å². The topological polar surface area (TPSA) is 38.0 Å². The predicted octanol–water partition coefficient (Wildman–Crippen LogP) is 4.58. The van der Waals surface area contributed by atoms with Gasteiger partial charge in [-0.25, -0.2) is 0 Å². The van der Waals surface area contributed by atoms with Crippen LogP contribution in [0.4, 0.5) is 11.4 Å². The maximum absolute atomic E-state index is 5.86. The monoisotopic (exact) mass is 324 g/mol. The lowest BCUT2D eigenvalue weighted by molar-refractivity contribution is 1.18. The van der Waals surface area contributed by atoms with Crippen LogP contribution in [-0.4, -0.2) is 0 Å². The Morgan fingerprint density at radius 1 is 1.28 bits per heavy atom. The van der Waals surface area contributed by atoms with Gasteiger partial charge in [0.2, 0.25) is 0 Å². The van der Waals surface area contributed by atoms with E-state index in [-0.39, 0.29) is 0 Å². The summed E-state index contributed by atoms with van der Waals surface area (Å²) in [5.74, 6) is 0. The Morgan fingerprint density at radius 2 is 2.00 bits per heavy atom. The van der Waals surface area contributed by atoms with Gasteiger partial charge in [0.05, 0.1) is 0 Å². The van der Waals surface area contributed by atoms with E-state index >= 15 is 0 Å². The maximum atomic E-state index is 5.86. The van der Waals surface area contributed by atoms with Crippen molar-refractivity contribution in [2.45, 2.75) is 26.8 Å². The first-order chi connectivity index (χ1) is 8.60. The molecule has 2 nitrogen and oxygen atoms in total. The van der Waals surface area contributed by atoms with Crippen LogP contribution in [0.5, 0.6) is 0 Å². The molecular formula is C14H17BrN2S. The van der Waals surface area contributed by atoms with Crippen molar-refractivity contribution in [3.05, 3.63) is 44.1 Å². The number of hydrogen-bond donors (Lipinski definition) is 2. The first kappa shape index (κ1) is 13.4. The van der Waals surface area contributed by atoms with Crippen LogP contribution in [0.3, 0.4) is 0 Å². The highest BCUT2D eigenvalue weighted by molar-refractivity contribution is 9.10. The third kappa shape index (κ3) is 3.06. The number of nitrogens with one attached hydrogen (secondary N) is 1. The average molecular weight is 325 g/mol. The number of thiophene rings is 1. The second kappa shape index (κ2) is 5.76. The van der Waals surface area contributed by atoms with Crippen molar-refractivity contribution in [1.82, 2.24) is 0 Å². The summed E-state index contributed by atoms with van der Waals surface area (Å²) >= 11 is 5.40. The fourth-order valence-corrected chi connectivity index (χ4v) is 3.12. The minimum absolute atomic E-state index is 0.816. The van der Waals surface area contributed by atoms with E-state index in [1.807, 2.05) is 24.3 Å². The van der Waals surface area contributed by atoms with Crippen LogP contribution in [0.15, 0.2) is 28.7 Å². The quantitative estimate of drug-likeness (QED) is 0.808. The number of nitrogens with two attached hydrogens (primary N) is 1. The van der Waals surface area contributed by atoms with Crippen molar-refractivity contribution < 1.29 is 0 Å². The molecule has 0 aliphatic rings. The molecule has 0 atom stereocenters. The average Bonchev–Trinajstić information content (AvgIpc) is 2.80. The summed E-state index contributed by atoms with van der Waals surface area (Å²) in [6.45, 7) is 5.06. The molecule has 2 aromatic rings. The molecule has 18 heavy (non-hydrogen) atoms. The molecule has 0 aliphatic carbocycles. The summed E-state index contributed by atoms with van der Waals surface area (Å²) < 4.78 is 1.01. The number of nitrogen functional groups attached to an aromatic ring is 1. The summed E-state index contributed by atoms with van der Waals surface area (Å²) in [7, 11) is 0. The van der Waals surface area contributed by atoms with Crippen LogP contribution in [-0.2, 0) is 13.0 Å². The van der Waals surface area contributed by atoms with Crippen LogP contribution >= 0.6 is 27.3 Å². The summed E-state index contributed by atoms with van der Waals surface area (Å²) in [6.07, 6.45) is 1.11. The minimum Gasteiger partial charge on any atom is -0.398 e. The normalized spacial score (nSPS) is 10.6. The Labute approximate surface area is 120 Å². The Kier molecular flexibility index (Phi) is 4.30. The molecule has 0 fully saturated rings. The zero-order valence-corrected chi connectivity index (χ0v) is 13.0. The van der Waals surface area contributed by atoms with Crippen molar-refractivity contribution in [3.8, 4) is 0 Å². The van der Waals surface area contributed by atoms with Gasteiger partial charge in [0, 0.05) is 32.1 Å². The lowest BCUT2D eigenvalue weighted by Crippen LogP contribution is -2.00. The fourth-order valence-electron chi connectivity index (χ4n) is 1.72. The molecule has 0 saturated heterocycles. The Bertz CT molecular complexity index is 549. The lowest BCUT2D eigenvalue weighted by atomic mass is 10.2. The first-order valence-corrected chi connectivity index (χ1v) is 7.58. The van der Waals surface area contributed by atoms with Gasteiger partial charge in [-0.15, -0.1) is 11.3 Å². The highest BCUT2D eigenvalue weighted by Gasteiger charge is 2.04. The van der Waals surface area contributed by atoms with E-state index < -0.39 is 0 Å². The molecular weight excluding hydrogens is 308 g/mol. The molecule has 0 spiro atoms. The van der Waals surface area contributed by atoms with Crippen LogP contribution in [0.1, 0.15) is 22.2 Å². The van der Waals surface area contributed by atoms with Crippen LogP contribution in [0.25, 0.3) is 0 Å². The second-order valence-electron chi connectivity index (χ2n) is 4.26. The molecule has 0 radical (unpaired) electrons. The summed E-state index contributed by atoms with van der Waals surface area (Å²) in [6, 6.07) is 8.41. The molecule has 0 saturated carbocycles. The molecule has 1 aromatic carbocycles. The molecule has 0 bridgehead atoms. The van der Waals surface area contributed by atoms with E-state index in [2.05, 4.69) is 46.4 Å². The smallest absolute Gasteiger partial charge is 0.0494 e. The first-order valence-electron chi connectivity index (χ1n) is 5.97. The van der Waals surface area contributed by atoms with Gasteiger partial charge in [-0.05, 0) is 59.1 Å². The van der Waals surface area contributed by atoms with E-state index in [0.717, 1.165) is 34.4 Å². The molecule has 3 N–H and O–H groups in total. The van der Waals surface area contributed by atoms with Crippen LogP contribution < -0.4 is 11.1 Å². The van der Waals surface area contributed by atoms with Crippen LogP contribution in [0, 0.1) is 6.92 Å². The van der Waals surface area contributed by atoms with E-state index in [1.165, 1.54) is 9.75 Å². The number of hydrogen-bond acceptors (Lipinski definition) is 3. The van der Waals surface area contributed by atoms with Gasteiger partial charge in [0.1, 0.15) is 0 Å². The van der Waals surface area contributed by atoms with Crippen molar-refractivity contribution in [2.24, 2.45) is 0 Å². The molecule has 1 aromatic heterocycles. The Balaban J connectivity index is 2.08. The van der Waals surface area contributed by atoms with Gasteiger partial charge in [-0.3, -0.25) is 0 Å². The molecule has 96 valence electrons. The second-order valence-corrected chi connectivity index (χ2v) is 6.37. The number of aryl methyl sites for hydroxylation is 2. The van der Waals surface area contributed by atoms with Crippen molar-refractivity contribution in [2.75, 3.05) is 11.1 Å². The zero-order chi connectivity index (χ0) is 13.1. The molecule has 0 aliphatic heterocycles. The summed E-state index contributed by atoms with van der Waals surface area (Å²) in [4.78, 5) is 2.78. The third-order valence-corrected chi connectivity index (χ3v) is 4.76. The molecule has 1 heterocycles. The third-order valence-electron chi connectivity index (χ3n) is 2.87. The van der Waals surface area contributed by atoms with E-state index in [4.69, 9.17) is 5.73 Å². The number of halogens is 1. The highest BCUT2D eigenvalue weighted by atomic mass is 79.9. The summed E-state index contributed by atoms with van der Waals surface area (Å²) in [5, 5.41) is 3.44. The highest BCUT2D eigenvalue weighted by Crippen LogP contribution is 2.28. The molecule has 2 rings (SSSR count). The van der Waals surface area contributed by atoms with Gasteiger partial charge in [0.15, 0.2) is 0 Å². The Hall–Kier alpha value is -1.000. The van der Waals surface area contributed by atoms with Gasteiger partial charge >= 0.3 is 0 Å². The van der Waals surface area contributed by atoms with Crippen LogP contribution in [0.2, 0.25) is 0 Å². The number of anilines is 2. The van der Waals surface area contributed by atoms with E-state index in [0.29, 0.717) is 0 Å².